The molecule has 0 aliphatic rings. The summed E-state index contributed by atoms with van der Waals surface area (Å²) in [6.45, 7) is 7.43. The molecule has 0 spiro atoms. The first-order valence-electron chi connectivity index (χ1n) is 11.5. The highest BCUT2D eigenvalue weighted by Gasteiger charge is 2.35. The zero-order chi connectivity index (χ0) is 26.0. The Kier molecular flexibility index (Phi) is 10.4. The van der Waals surface area contributed by atoms with Crippen LogP contribution >= 0.6 is 12.6 Å². The van der Waals surface area contributed by atoms with Gasteiger partial charge >= 0.3 is 6.09 Å². The van der Waals surface area contributed by atoms with E-state index in [1.54, 1.807) is 64.3 Å². The predicted molar refractivity (Wildman–Crippen MR) is 140 cm³/mol. The molecule has 0 aliphatic heterocycles. The smallest absolute Gasteiger partial charge is 0.408 e. The van der Waals surface area contributed by atoms with Crippen LogP contribution in [0.15, 0.2) is 54.6 Å². The Labute approximate surface area is 212 Å². The minimum absolute atomic E-state index is 0.0416. The molecule has 0 fully saturated rings. The molecule has 2 unspecified atom stereocenters. The third kappa shape index (κ3) is 8.51. The van der Waals surface area contributed by atoms with E-state index in [-0.39, 0.29) is 11.7 Å². The molecule has 8 nitrogen and oxygen atoms in total. The second-order valence-corrected chi connectivity index (χ2v) is 9.31. The molecular weight excluding hydrogens is 466 g/mol. The van der Waals surface area contributed by atoms with Gasteiger partial charge in [0, 0.05) is 18.0 Å². The van der Waals surface area contributed by atoms with Crippen LogP contribution in [0.2, 0.25) is 0 Å². The fraction of sp³-hybridized carbons (Fsp3) is 0.423. The maximum atomic E-state index is 13.6. The molecule has 0 radical (unpaired) electrons. The Hall–Kier alpha value is -3.20. The maximum absolute atomic E-state index is 13.6. The summed E-state index contributed by atoms with van der Waals surface area (Å²) in [5.74, 6) is -0.0973. The molecule has 0 aliphatic carbocycles. The van der Waals surface area contributed by atoms with E-state index < -0.39 is 29.7 Å². The lowest BCUT2D eigenvalue weighted by molar-refractivity contribution is -0.140. The molecule has 2 atom stereocenters. The lowest BCUT2D eigenvalue weighted by Crippen LogP contribution is -2.53. The van der Waals surface area contributed by atoms with Crippen molar-refractivity contribution in [2.24, 2.45) is 0 Å². The number of nitrogens with one attached hydrogen (secondary N) is 2. The van der Waals surface area contributed by atoms with E-state index >= 15 is 0 Å². The number of carbonyl (C=O) groups excluding carboxylic acids is 3. The van der Waals surface area contributed by atoms with E-state index in [0.29, 0.717) is 30.0 Å². The number of nitrogens with zero attached hydrogens (tertiary/aromatic N) is 1. The quantitative estimate of drug-likeness (QED) is 0.419. The number of alkyl carbamates (subject to hydrolysis) is 1. The van der Waals surface area contributed by atoms with Crippen LogP contribution in [0.4, 0.5) is 10.5 Å². The summed E-state index contributed by atoms with van der Waals surface area (Å²) in [5, 5.41) is 5.49. The fourth-order valence-corrected chi connectivity index (χ4v) is 3.68. The highest BCUT2D eigenvalue weighted by atomic mass is 32.1. The van der Waals surface area contributed by atoms with Gasteiger partial charge in [-0.1, -0.05) is 37.3 Å². The van der Waals surface area contributed by atoms with E-state index in [9.17, 15) is 14.4 Å². The van der Waals surface area contributed by atoms with Gasteiger partial charge in [0.25, 0.3) is 5.91 Å². The minimum atomic E-state index is -0.972. The number of hydrogen-bond donors (Lipinski definition) is 3. The maximum Gasteiger partial charge on any atom is 0.408 e. The van der Waals surface area contributed by atoms with Crippen molar-refractivity contribution in [2.45, 2.75) is 51.8 Å². The number of hydrogen-bond acceptors (Lipinski definition) is 6. The monoisotopic (exact) mass is 501 g/mol. The average molecular weight is 502 g/mol. The summed E-state index contributed by atoms with van der Waals surface area (Å²) < 4.78 is 10.5. The lowest BCUT2D eigenvalue weighted by Gasteiger charge is -2.34. The third-order valence-electron chi connectivity index (χ3n) is 4.95. The summed E-state index contributed by atoms with van der Waals surface area (Å²) >= 11 is 4.28. The number of anilines is 1. The van der Waals surface area contributed by atoms with Gasteiger partial charge in [0.2, 0.25) is 5.91 Å². The van der Waals surface area contributed by atoms with Crippen LogP contribution in [-0.4, -0.2) is 53.9 Å². The Bertz CT molecular complexity index is 977. The van der Waals surface area contributed by atoms with Crippen molar-refractivity contribution in [3.63, 3.8) is 0 Å². The summed E-state index contributed by atoms with van der Waals surface area (Å²) in [5.41, 5.74) is 0.496. The van der Waals surface area contributed by atoms with Gasteiger partial charge in [-0.15, -0.1) is 0 Å². The third-order valence-corrected chi connectivity index (χ3v) is 5.32. The Morgan fingerprint density at radius 2 is 1.66 bits per heavy atom. The van der Waals surface area contributed by atoms with Gasteiger partial charge in [-0.3, -0.25) is 9.59 Å². The number of rotatable bonds is 10. The van der Waals surface area contributed by atoms with Gasteiger partial charge in [-0.2, -0.15) is 12.6 Å². The van der Waals surface area contributed by atoms with E-state index in [2.05, 4.69) is 23.3 Å². The first-order chi connectivity index (χ1) is 16.6. The van der Waals surface area contributed by atoms with E-state index in [1.807, 2.05) is 25.1 Å². The van der Waals surface area contributed by atoms with Crippen LogP contribution in [-0.2, 0) is 14.3 Å². The van der Waals surface area contributed by atoms with Crippen LogP contribution in [0.25, 0.3) is 0 Å². The molecule has 2 aromatic rings. The van der Waals surface area contributed by atoms with Crippen LogP contribution in [0, 0.1) is 0 Å². The van der Waals surface area contributed by atoms with Crippen LogP contribution in [0.3, 0.4) is 0 Å². The molecule has 2 rings (SSSR count). The zero-order valence-electron chi connectivity index (χ0n) is 20.9. The predicted octanol–water partition coefficient (Wildman–Crippen LogP) is 4.44. The second-order valence-electron chi connectivity index (χ2n) is 8.94. The number of benzene rings is 2. The molecule has 0 saturated carbocycles. The normalized spacial score (nSPS) is 12.7. The second kappa shape index (κ2) is 13.0. The van der Waals surface area contributed by atoms with Crippen LogP contribution in [0.1, 0.15) is 45.7 Å². The Morgan fingerprint density at radius 1 is 1.03 bits per heavy atom. The number of ether oxygens (including phenoxy) is 2. The zero-order valence-corrected chi connectivity index (χ0v) is 21.8. The van der Waals surface area contributed by atoms with Crippen molar-refractivity contribution < 1.29 is 23.9 Å². The van der Waals surface area contributed by atoms with Crippen molar-refractivity contribution in [1.29, 1.82) is 0 Å². The molecule has 190 valence electrons. The SMILES string of the molecule is CCCN(C(=O)C(CS)NC(=O)OC(C)(C)C)C(C(=O)Nc1ccc(OC)cc1)c1ccccc1. The molecule has 35 heavy (non-hydrogen) atoms. The molecule has 0 heterocycles. The molecule has 0 bridgehead atoms. The highest BCUT2D eigenvalue weighted by molar-refractivity contribution is 7.80. The van der Waals surface area contributed by atoms with Crippen molar-refractivity contribution >= 4 is 36.2 Å². The van der Waals surface area contributed by atoms with Gasteiger partial charge in [0.15, 0.2) is 0 Å². The number of amides is 3. The standard InChI is InChI=1S/C26H35N3O5S/c1-6-16-29(24(31)21(17-35)28-25(32)34-26(2,3)4)22(18-10-8-7-9-11-18)23(30)27-19-12-14-20(33-5)15-13-19/h7-15,21-22,35H,6,16-17H2,1-5H3,(H,27,30)(H,28,32). The summed E-state index contributed by atoms with van der Waals surface area (Å²) in [6.07, 6.45) is -0.114. The van der Waals surface area contributed by atoms with Crippen molar-refractivity contribution in [2.75, 3.05) is 24.7 Å². The molecule has 2 aromatic carbocycles. The van der Waals surface area contributed by atoms with Gasteiger partial charge in [-0.05, 0) is 57.0 Å². The minimum Gasteiger partial charge on any atom is -0.497 e. The molecule has 9 heteroatoms. The Morgan fingerprint density at radius 3 is 2.17 bits per heavy atom. The fourth-order valence-electron chi connectivity index (χ4n) is 3.44. The summed E-state index contributed by atoms with van der Waals surface area (Å²) in [6, 6.07) is 14.1. The first kappa shape index (κ1) is 28.0. The van der Waals surface area contributed by atoms with E-state index in [4.69, 9.17) is 9.47 Å². The number of thiol groups is 1. The Balaban J connectivity index is 2.36. The van der Waals surface area contributed by atoms with E-state index in [1.165, 1.54) is 4.90 Å². The number of carbonyl (C=O) groups is 3. The number of methoxy groups -OCH3 is 1. The van der Waals surface area contributed by atoms with Gasteiger partial charge < -0.3 is 25.0 Å². The van der Waals surface area contributed by atoms with E-state index in [0.717, 1.165) is 0 Å². The largest absolute Gasteiger partial charge is 0.497 e. The molecule has 3 amide bonds. The lowest BCUT2D eigenvalue weighted by atomic mass is 10.0. The van der Waals surface area contributed by atoms with Gasteiger partial charge in [-0.25, -0.2) is 4.79 Å². The van der Waals surface area contributed by atoms with Crippen LogP contribution in [0.5, 0.6) is 5.75 Å². The average Bonchev–Trinajstić information content (AvgIpc) is 2.82. The molecule has 0 saturated heterocycles. The summed E-state index contributed by atoms with van der Waals surface area (Å²) in [7, 11) is 1.57. The topological polar surface area (TPSA) is 97.0 Å². The van der Waals surface area contributed by atoms with Crippen molar-refractivity contribution in [1.82, 2.24) is 10.2 Å². The molecule has 0 aromatic heterocycles. The first-order valence-corrected chi connectivity index (χ1v) is 12.1. The molecule has 2 N–H and O–H groups in total. The summed E-state index contributed by atoms with van der Waals surface area (Å²) in [4.78, 5) is 41.0. The highest BCUT2D eigenvalue weighted by Crippen LogP contribution is 2.25. The molecular formula is C26H35N3O5S. The van der Waals surface area contributed by atoms with Crippen molar-refractivity contribution in [3.8, 4) is 5.75 Å². The van der Waals surface area contributed by atoms with Crippen molar-refractivity contribution in [3.05, 3.63) is 60.2 Å². The van der Waals surface area contributed by atoms with Crippen LogP contribution < -0.4 is 15.4 Å². The van der Waals surface area contributed by atoms with Gasteiger partial charge in [0.1, 0.15) is 23.4 Å². The van der Waals surface area contributed by atoms with Gasteiger partial charge in [0.05, 0.1) is 7.11 Å².